The van der Waals surface area contributed by atoms with Crippen LogP contribution in [0.1, 0.15) is 25.0 Å². The average Bonchev–Trinajstić information content (AvgIpc) is 2.49. The van der Waals surface area contributed by atoms with Crippen molar-refractivity contribution in [2.45, 2.75) is 27.7 Å². The van der Waals surface area contributed by atoms with Gasteiger partial charge in [-0.1, -0.05) is 24.6 Å². The predicted octanol–water partition coefficient (Wildman–Crippen LogP) is 1.84. The van der Waals surface area contributed by atoms with E-state index in [1.165, 1.54) is 0 Å². The summed E-state index contributed by atoms with van der Waals surface area (Å²) in [5, 5.41) is 4.94. The van der Waals surface area contributed by atoms with Crippen LogP contribution >= 0.6 is 0 Å². The Morgan fingerprint density at radius 1 is 1.08 bits per heavy atom. The summed E-state index contributed by atoms with van der Waals surface area (Å²) in [6, 6.07) is 5.76. The molecule has 1 aromatic rings. The molecule has 0 saturated heterocycles. The summed E-state index contributed by atoms with van der Waals surface area (Å²) in [4.78, 5) is 36.7. The van der Waals surface area contributed by atoms with Crippen molar-refractivity contribution in [1.82, 2.24) is 10.2 Å². The Kier molecular flexibility index (Phi) is 7.91. The normalized spacial score (nSPS) is 10.4. The average molecular weight is 335 g/mol. The molecule has 2 N–H and O–H groups in total. The number of alkyl carbamates (subject to hydrolysis) is 1. The topological polar surface area (TPSA) is 87.7 Å². The number of carbonyl (C=O) groups excluding carboxylic acids is 3. The molecule has 0 unspecified atom stereocenters. The van der Waals surface area contributed by atoms with Gasteiger partial charge in [-0.3, -0.25) is 19.8 Å². The molecule has 0 heterocycles. The zero-order valence-corrected chi connectivity index (χ0v) is 14.6. The fourth-order valence-electron chi connectivity index (χ4n) is 2.15. The molecule has 0 radical (unpaired) electrons. The first-order chi connectivity index (χ1) is 11.3. The molecule has 7 nitrogen and oxygen atoms in total. The summed E-state index contributed by atoms with van der Waals surface area (Å²) in [7, 11) is 0. The molecule has 0 aliphatic heterocycles. The zero-order chi connectivity index (χ0) is 18.1. The van der Waals surface area contributed by atoms with Gasteiger partial charge in [-0.15, -0.1) is 0 Å². The van der Waals surface area contributed by atoms with Gasteiger partial charge in [0.05, 0.1) is 19.7 Å². The largest absolute Gasteiger partial charge is 0.450 e. The van der Waals surface area contributed by atoms with Gasteiger partial charge in [-0.05, 0) is 38.9 Å². The molecule has 132 valence electrons. The predicted molar refractivity (Wildman–Crippen MR) is 91.8 cm³/mol. The van der Waals surface area contributed by atoms with E-state index in [0.717, 1.165) is 16.8 Å². The Labute approximate surface area is 142 Å². The van der Waals surface area contributed by atoms with Crippen LogP contribution in [0.25, 0.3) is 0 Å². The van der Waals surface area contributed by atoms with Crippen LogP contribution in [0.2, 0.25) is 0 Å². The van der Waals surface area contributed by atoms with Crippen molar-refractivity contribution in [2.75, 3.05) is 31.6 Å². The molecule has 24 heavy (non-hydrogen) atoms. The number of amides is 3. The molecule has 0 atom stereocenters. The second-order valence-corrected chi connectivity index (χ2v) is 5.44. The maximum Gasteiger partial charge on any atom is 0.413 e. The van der Waals surface area contributed by atoms with E-state index >= 15 is 0 Å². The fraction of sp³-hybridized carbons (Fsp3) is 0.471. The van der Waals surface area contributed by atoms with Gasteiger partial charge in [-0.2, -0.15) is 0 Å². The van der Waals surface area contributed by atoms with E-state index in [2.05, 4.69) is 15.4 Å². The van der Waals surface area contributed by atoms with Crippen molar-refractivity contribution in [2.24, 2.45) is 0 Å². The van der Waals surface area contributed by atoms with Gasteiger partial charge in [0.1, 0.15) is 0 Å². The van der Waals surface area contributed by atoms with Gasteiger partial charge < -0.3 is 10.1 Å². The molecule has 0 saturated carbocycles. The van der Waals surface area contributed by atoms with Gasteiger partial charge in [0.2, 0.25) is 11.8 Å². The SMILES string of the molecule is CCOC(=O)NC(=O)CN(CC)CC(=O)Nc1ccc(C)cc1C. The third kappa shape index (κ3) is 6.78. The van der Waals surface area contributed by atoms with E-state index in [0.29, 0.717) is 6.54 Å². The summed E-state index contributed by atoms with van der Waals surface area (Å²) < 4.78 is 4.64. The van der Waals surface area contributed by atoms with E-state index in [-0.39, 0.29) is 25.6 Å². The second-order valence-electron chi connectivity index (χ2n) is 5.44. The van der Waals surface area contributed by atoms with Crippen molar-refractivity contribution in [1.29, 1.82) is 0 Å². The van der Waals surface area contributed by atoms with Crippen LogP contribution in [0.3, 0.4) is 0 Å². The molecule has 1 rings (SSSR count). The van der Waals surface area contributed by atoms with Gasteiger partial charge in [0.25, 0.3) is 0 Å². The minimum Gasteiger partial charge on any atom is -0.450 e. The van der Waals surface area contributed by atoms with Crippen LogP contribution in [0.5, 0.6) is 0 Å². The van der Waals surface area contributed by atoms with E-state index in [1.807, 2.05) is 39.0 Å². The third-order valence-electron chi connectivity index (χ3n) is 3.35. The standard InChI is InChI=1S/C17H25N3O4/c1-5-20(11-16(22)19-17(23)24-6-2)10-15(21)18-14-8-7-12(3)9-13(14)4/h7-9H,5-6,10-11H2,1-4H3,(H,18,21)(H,19,22,23). The molecule has 1 aromatic carbocycles. The number of benzene rings is 1. The first-order valence-corrected chi connectivity index (χ1v) is 7.91. The number of nitrogens with one attached hydrogen (secondary N) is 2. The van der Waals surface area contributed by atoms with E-state index < -0.39 is 12.0 Å². The van der Waals surface area contributed by atoms with Crippen LogP contribution < -0.4 is 10.6 Å². The Balaban J connectivity index is 2.53. The highest BCUT2D eigenvalue weighted by Crippen LogP contribution is 2.15. The van der Waals surface area contributed by atoms with Crippen LogP contribution in [-0.2, 0) is 14.3 Å². The van der Waals surface area contributed by atoms with E-state index in [4.69, 9.17) is 0 Å². The number of anilines is 1. The third-order valence-corrected chi connectivity index (χ3v) is 3.35. The molecule has 0 bridgehead atoms. The first kappa shape index (κ1) is 19.6. The Morgan fingerprint density at radius 2 is 1.75 bits per heavy atom. The lowest BCUT2D eigenvalue weighted by Crippen LogP contribution is -2.43. The highest BCUT2D eigenvalue weighted by Gasteiger charge is 2.16. The lowest BCUT2D eigenvalue weighted by atomic mass is 10.1. The van der Waals surface area contributed by atoms with Crippen LogP contribution in [-0.4, -0.2) is 49.0 Å². The van der Waals surface area contributed by atoms with Crippen molar-refractivity contribution in [3.05, 3.63) is 29.3 Å². The van der Waals surface area contributed by atoms with E-state index in [9.17, 15) is 14.4 Å². The molecule has 0 spiro atoms. The molecule has 0 fully saturated rings. The summed E-state index contributed by atoms with van der Waals surface area (Å²) in [5.41, 5.74) is 2.85. The number of hydrogen-bond acceptors (Lipinski definition) is 5. The summed E-state index contributed by atoms with van der Waals surface area (Å²) in [6.45, 7) is 8.08. The van der Waals surface area contributed by atoms with Crippen LogP contribution in [0.15, 0.2) is 18.2 Å². The summed E-state index contributed by atoms with van der Waals surface area (Å²) >= 11 is 0. The number of ether oxygens (including phenoxy) is 1. The molecule has 7 heteroatoms. The lowest BCUT2D eigenvalue weighted by Gasteiger charge is -2.19. The van der Waals surface area contributed by atoms with E-state index in [1.54, 1.807) is 11.8 Å². The highest BCUT2D eigenvalue weighted by atomic mass is 16.5. The summed E-state index contributed by atoms with van der Waals surface area (Å²) in [6.07, 6.45) is -0.779. The van der Waals surface area contributed by atoms with Crippen LogP contribution in [0.4, 0.5) is 10.5 Å². The highest BCUT2D eigenvalue weighted by molar-refractivity contribution is 5.95. The maximum atomic E-state index is 12.1. The molecular weight excluding hydrogens is 310 g/mol. The number of aryl methyl sites for hydroxylation is 2. The Hall–Kier alpha value is -2.41. The number of carbonyl (C=O) groups is 3. The number of likely N-dealkylation sites (N-methyl/N-ethyl adjacent to an activating group) is 1. The number of rotatable bonds is 7. The van der Waals surface area contributed by atoms with Crippen molar-refractivity contribution < 1.29 is 19.1 Å². The molecule has 0 aromatic heterocycles. The number of imide groups is 1. The Morgan fingerprint density at radius 3 is 2.33 bits per heavy atom. The minimum atomic E-state index is -0.779. The van der Waals surface area contributed by atoms with Gasteiger partial charge in [-0.25, -0.2) is 4.79 Å². The fourth-order valence-corrected chi connectivity index (χ4v) is 2.15. The second kappa shape index (κ2) is 9.67. The van der Waals surface area contributed by atoms with Crippen LogP contribution in [0, 0.1) is 13.8 Å². The number of nitrogens with zero attached hydrogens (tertiary/aromatic N) is 1. The van der Waals surface area contributed by atoms with Crippen molar-refractivity contribution >= 4 is 23.6 Å². The van der Waals surface area contributed by atoms with Crippen molar-refractivity contribution in [3.63, 3.8) is 0 Å². The molecular formula is C17H25N3O4. The quantitative estimate of drug-likeness (QED) is 0.794. The number of hydrogen-bond donors (Lipinski definition) is 2. The maximum absolute atomic E-state index is 12.1. The lowest BCUT2D eigenvalue weighted by molar-refractivity contribution is -0.122. The molecule has 3 amide bonds. The zero-order valence-electron chi connectivity index (χ0n) is 14.6. The minimum absolute atomic E-state index is 0.0556. The van der Waals surface area contributed by atoms with Gasteiger partial charge >= 0.3 is 6.09 Å². The monoisotopic (exact) mass is 335 g/mol. The van der Waals surface area contributed by atoms with Gasteiger partial charge in [0, 0.05) is 5.69 Å². The Bertz CT molecular complexity index is 601. The smallest absolute Gasteiger partial charge is 0.413 e. The summed E-state index contributed by atoms with van der Waals surface area (Å²) in [5.74, 6) is -0.720. The molecule has 0 aliphatic rings. The van der Waals surface area contributed by atoms with Crippen molar-refractivity contribution in [3.8, 4) is 0 Å². The van der Waals surface area contributed by atoms with Gasteiger partial charge in [0.15, 0.2) is 0 Å². The first-order valence-electron chi connectivity index (χ1n) is 7.91. The molecule has 0 aliphatic carbocycles.